The van der Waals surface area contributed by atoms with E-state index in [9.17, 15) is 4.79 Å². The molecule has 160 valence electrons. The summed E-state index contributed by atoms with van der Waals surface area (Å²) < 4.78 is 12.3. The fraction of sp³-hybridized carbons (Fsp3) is 0.304. The van der Waals surface area contributed by atoms with E-state index in [2.05, 4.69) is 33.2 Å². The number of carbonyl (C=O) groups excluding carboxylic acids is 1. The third-order valence-corrected chi connectivity index (χ3v) is 6.65. The molecular formula is C23H24N4O3S. The van der Waals surface area contributed by atoms with Gasteiger partial charge in [0.25, 0.3) is 5.19 Å². The average molecular weight is 437 g/mol. The number of aromatic nitrogens is 2. The Kier molecular flexibility index (Phi) is 5.48. The van der Waals surface area contributed by atoms with Crippen molar-refractivity contribution in [3.8, 4) is 10.9 Å². The highest BCUT2D eigenvalue weighted by molar-refractivity contribution is 7.20. The molecule has 1 fully saturated rings. The number of amides is 1. The van der Waals surface area contributed by atoms with E-state index in [1.54, 1.807) is 11.3 Å². The number of aromatic amines is 1. The summed E-state index contributed by atoms with van der Waals surface area (Å²) in [6.45, 7) is 2.78. The number of H-pyrrole nitrogens is 1. The predicted molar refractivity (Wildman–Crippen MR) is 122 cm³/mol. The van der Waals surface area contributed by atoms with E-state index in [-0.39, 0.29) is 6.10 Å². The monoisotopic (exact) mass is 436 g/mol. The third-order valence-electron chi connectivity index (χ3n) is 5.73. The summed E-state index contributed by atoms with van der Waals surface area (Å²) in [5.41, 5.74) is 8.44. The van der Waals surface area contributed by atoms with Gasteiger partial charge in [0.05, 0.1) is 10.2 Å². The minimum Gasteiger partial charge on any atom is -0.446 e. The first-order valence-electron chi connectivity index (χ1n) is 10.5. The molecule has 0 unspecified atom stereocenters. The van der Waals surface area contributed by atoms with Crippen molar-refractivity contribution in [2.24, 2.45) is 5.73 Å². The minimum absolute atomic E-state index is 0.0518. The van der Waals surface area contributed by atoms with E-state index >= 15 is 0 Å². The molecule has 1 aliphatic heterocycles. The second-order valence-corrected chi connectivity index (χ2v) is 8.79. The highest BCUT2D eigenvalue weighted by atomic mass is 32.1. The van der Waals surface area contributed by atoms with Gasteiger partial charge in [0, 0.05) is 36.7 Å². The fourth-order valence-electron chi connectivity index (χ4n) is 4.12. The van der Waals surface area contributed by atoms with Gasteiger partial charge in [0.1, 0.15) is 11.9 Å². The molecule has 2 aromatic heterocycles. The number of hydrogen-bond acceptors (Lipinski definition) is 6. The summed E-state index contributed by atoms with van der Waals surface area (Å²) in [5, 5.41) is 1.82. The molecule has 0 spiro atoms. The van der Waals surface area contributed by atoms with E-state index in [1.807, 2.05) is 30.3 Å². The van der Waals surface area contributed by atoms with Gasteiger partial charge < -0.3 is 25.1 Å². The number of ether oxygens (including phenoxy) is 2. The van der Waals surface area contributed by atoms with Crippen LogP contribution in [-0.4, -0.2) is 46.7 Å². The maximum absolute atomic E-state index is 10.9. The Labute approximate surface area is 183 Å². The molecule has 0 atom stereocenters. The molecule has 0 radical (unpaired) electrons. The second kappa shape index (κ2) is 8.56. The van der Waals surface area contributed by atoms with Gasteiger partial charge in [-0.3, -0.25) is 0 Å². The maximum Gasteiger partial charge on any atom is 0.404 e. The highest BCUT2D eigenvalue weighted by Crippen LogP contribution is 2.33. The zero-order chi connectivity index (χ0) is 21.2. The van der Waals surface area contributed by atoms with E-state index < -0.39 is 6.09 Å². The van der Waals surface area contributed by atoms with Crippen LogP contribution in [0.4, 0.5) is 4.79 Å². The van der Waals surface area contributed by atoms with Crippen LogP contribution in [0.2, 0.25) is 0 Å². The summed E-state index contributed by atoms with van der Waals surface area (Å²) in [7, 11) is 0. The number of likely N-dealkylation sites (tertiary alicyclic amines) is 1. The van der Waals surface area contributed by atoms with Crippen LogP contribution in [0, 0.1) is 0 Å². The van der Waals surface area contributed by atoms with Crippen LogP contribution in [0.1, 0.15) is 18.4 Å². The normalized spacial score (nSPS) is 15.5. The van der Waals surface area contributed by atoms with Crippen LogP contribution in [0.3, 0.4) is 0 Å². The minimum atomic E-state index is -0.680. The lowest BCUT2D eigenvalue weighted by Crippen LogP contribution is -2.39. The lowest BCUT2D eigenvalue weighted by molar-refractivity contribution is 0.0567. The summed E-state index contributed by atoms with van der Waals surface area (Å²) in [4.78, 5) is 21.2. The SMILES string of the molecule is NC(=O)OC1CCN(CCc2c[nH]c3ccc(Oc4nc5ccccc5s4)cc23)CC1. The predicted octanol–water partition coefficient (Wildman–Crippen LogP) is 4.67. The Hall–Kier alpha value is -3.10. The lowest BCUT2D eigenvalue weighted by Gasteiger charge is -2.31. The van der Waals surface area contributed by atoms with Crippen LogP contribution in [0.25, 0.3) is 21.1 Å². The Morgan fingerprint density at radius 1 is 1.23 bits per heavy atom. The molecule has 7 nitrogen and oxygen atoms in total. The molecule has 1 amide bonds. The average Bonchev–Trinajstić information content (AvgIpc) is 3.36. The molecule has 4 aromatic rings. The topological polar surface area (TPSA) is 93.5 Å². The van der Waals surface area contributed by atoms with Crippen molar-refractivity contribution in [1.29, 1.82) is 0 Å². The van der Waals surface area contributed by atoms with Crippen molar-refractivity contribution < 1.29 is 14.3 Å². The van der Waals surface area contributed by atoms with E-state index in [4.69, 9.17) is 15.2 Å². The first-order chi connectivity index (χ1) is 15.1. The van der Waals surface area contributed by atoms with Crippen molar-refractivity contribution in [2.75, 3.05) is 19.6 Å². The summed E-state index contributed by atoms with van der Waals surface area (Å²) >= 11 is 1.55. The van der Waals surface area contributed by atoms with Crippen LogP contribution < -0.4 is 10.5 Å². The number of rotatable bonds is 6. The number of carbonyl (C=O) groups is 1. The van der Waals surface area contributed by atoms with Gasteiger partial charge >= 0.3 is 6.09 Å². The number of piperidine rings is 1. The van der Waals surface area contributed by atoms with Gasteiger partial charge in [0.2, 0.25) is 0 Å². The number of para-hydroxylation sites is 1. The van der Waals surface area contributed by atoms with E-state index in [0.29, 0.717) is 5.19 Å². The van der Waals surface area contributed by atoms with Gasteiger partial charge in [0.15, 0.2) is 0 Å². The van der Waals surface area contributed by atoms with Crippen LogP contribution in [-0.2, 0) is 11.2 Å². The fourth-order valence-corrected chi connectivity index (χ4v) is 4.95. The van der Waals surface area contributed by atoms with Crippen molar-refractivity contribution in [1.82, 2.24) is 14.9 Å². The van der Waals surface area contributed by atoms with E-state index in [0.717, 1.165) is 60.4 Å². The van der Waals surface area contributed by atoms with Crippen molar-refractivity contribution in [2.45, 2.75) is 25.4 Å². The van der Waals surface area contributed by atoms with Gasteiger partial charge in [-0.15, -0.1) is 0 Å². The molecule has 3 heterocycles. The van der Waals surface area contributed by atoms with Gasteiger partial charge in [-0.1, -0.05) is 23.5 Å². The standard InChI is InChI=1S/C23H24N4O3S/c24-22(28)29-16-8-11-27(12-9-16)10-7-15-14-25-19-6-5-17(13-18(15)19)30-23-26-20-3-1-2-4-21(20)31-23/h1-6,13-14,16,25H,7-12H2,(H2,24,28). The first-order valence-corrected chi connectivity index (χ1v) is 11.3. The van der Waals surface area contributed by atoms with Crippen molar-refractivity contribution in [3.63, 3.8) is 0 Å². The number of fused-ring (bicyclic) bond motifs is 2. The second-order valence-electron chi connectivity index (χ2n) is 7.80. The molecule has 5 rings (SSSR count). The van der Waals surface area contributed by atoms with Crippen LogP contribution in [0.15, 0.2) is 48.7 Å². The molecule has 0 saturated carbocycles. The number of thiazole rings is 1. The smallest absolute Gasteiger partial charge is 0.404 e. The van der Waals surface area contributed by atoms with Crippen molar-refractivity contribution >= 4 is 38.5 Å². The summed E-state index contributed by atoms with van der Waals surface area (Å²) in [6, 6.07) is 14.1. The molecular weight excluding hydrogens is 412 g/mol. The molecule has 31 heavy (non-hydrogen) atoms. The zero-order valence-electron chi connectivity index (χ0n) is 17.0. The Bertz CT molecular complexity index is 1180. The Morgan fingerprint density at radius 3 is 2.87 bits per heavy atom. The zero-order valence-corrected chi connectivity index (χ0v) is 17.9. The van der Waals surface area contributed by atoms with Gasteiger partial charge in [-0.25, -0.2) is 9.78 Å². The highest BCUT2D eigenvalue weighted by Gasteiger charge is 2.21. The van der Waals surface area contributed by atoms with Gasteiger partial charge in [-0.05, 0) is 55.2 Å². The summed E-state index contributed by atoms with van der Waals surface area (Å²) in [5.74, 6) is 0.789. The Balaban J connectivity index is 1.24. The summed E-state index contributed by atoms with van der Waals surface area (Å²) in [6.07, 6.45) is 3.94. The number of benzene rings is 2. The first kappa shape index (κ1) is 19.8. The number of nitrogens with one attached hydrogen (secondary N) is 1. The van der Waals surface area contributed by atoms with Crippen molar-refractivity contribution in [3.05, 3.63) is 54.2 Å². The molecule has 1 aliphatic rings. The lowest BCUT2D eigenvalue weighted by atomic mass is 10.1. The number of hydrogen-bond donors (Lipinski definition) is 2. The molecule has 0 bridgehead atoms. The van der Waals surface area contributed by atoms with Gasteiger partial charge in [-0.2, -0.15) is 0 Å². The Morgan fingerprint density at radius 2 is 2.06 bits per heavy atom. The molecule has 2 aromatic carbocycles. The molecule has 0 aliphatic carbocycles. The molecule has 8 heteroatoms. The third kappa shape index (κ3) is 4.50. The quantitative estimate of drug-likeness (QED) is 0.458. The number of nitrogens with two attached hydrogens (primary N) is 1. The van der Waals surface area contributed by atoms with Crippen LogP contribution >= 0.6 is 11.3 Å². The number of primary amides is 1. The maximum atomic E-state index is 10.9. The number of nitrogens with zero attached hydrogens (tertiary/aromatic N) is 2. The van der Waals surface area contributed by atoms with E-state index in [1.165, 1.54) is 10.9 Å². The largest absolute Gasteiger partial charge is 0.446 e. The van der Waals surface area contributed by atoms with Crippen LogP contribution in [0.5, 0.6) is 10.9 Å². The molecule has 1 saturated heterocycles. The molecule has 3 N–H and O–H groups in total.